The second kappa shape index (κ2) is 10.3. The summed E-state index contributed by atoms with van der Waals surface area (Å²) in [5.41, 5.74) is 3.44. The molecule has 1 amide bonds. The molecule has 3 aromatic rings. The minimum atomic E-state index is -4.43. The molecule has 1 unspecified atom stereocenters. The van der Waals surface area contributed by atoms with Crippen LogP contribution in [0.5, 0.6) is 5.75 Å². The van der Waals surface area contributed by atoms with Gasteiger partial charge in [-0.15, -0.1) is 0 Å². The van der Waals surface area contributed by atoms with Gasteiger partial charge in [-0.2, -0.15) is 13.2 Å². The minimum absolute atomic E-state index is 0.159. The van der Waals surface area contributed by atoms with Gasteiger partial charge < -0.3 is 10.1 Å². The minimum Gasteiger partial charge on any atom is -0.496 e. The van der Waals surface area contributed by atoms with E-state index in [1.54, 1.807) is 26.0 Å². The highest BCUT2D eigenvalue weighted by Gasteiger charge is 2.30. The van der Waals surface area contributed by atoms with Crippen molar-refractivity contribution in [2.24, 2.45) is 0 Å². The number of hydrogen-bond acceptors (Lipinski definition) is 6. The van der Waals surface area contributed by atoms with Crippen molar-refractivity contribution in [1.29, 1.82) is 0 Å². The van der Waals surface area contributed by atoms with E-state index < -0.39 is 17.8 Å². The number of carbonyl (C=O) groups is 1. The van der Waals surface area contributed by atoms with Gasteiger partial charge in [0.05, 0.1) is 25.3 Å². The van der Waals surface area contributed by atoms with E-state index >= 15 is 0 Å². The number of nitrogens with one attached hydrogen (secondary N) is 2. The van der Waals surface area contributed by atoms with Crippen molar-refractivity contribution in [3.8, 4) is 5.75 Å². The van der Waals surface area contributed by atoms with Gasteiger partial charge >= 0.3 is 6.18 Å². The van der Waals surface area contributed by atoms with Crippen LogP contribution in [0.15, 0.2) is 36.4 Å². The SMILES string of the molecule is CONC(=O)CC(C)c1cc2c(N[C@@H](C)c3cccc(C(F)(F)F)c3)nc(C)nc2cc1OC. The van der Waals surface area contributed by atoms with Crippen molar-refractivity contribution in [1.82, 2.24) is 15.4 Å². The maximum absolute atomic E-state index is 13.2. The first kappa shape index (κ1) is 25.2. The molecule has 34 heavy (non-hydrogen) atoms. The number of anilines is 1. The summed E-state index contributed by atoms with van der Waals surface area (Å²) in [5, 5.41) is 3.89. The average Bonchev–Trinajstić information content (AvgIpc) is 2.77. The van der Waals surface area contributed by atoms with Crippen LogP contribution in [0.25, 0.3) is 10.9 Å². The van der Waals surface area contributed by atoms with Gasteiger partial charge in [-0.25, -0.2) is 15.4 Å². The third-order valence-electron chi connectivity index (χ3n) is 5.46. The predicted octanol–water partition coefficient (Wildman–Crippen LogP) is 5.31. The molecule has 10 heteroatoms. The molecule has 0 bridgehead atoms. The van der Waals surface area contributed by atoms with E-state index in [-0.39, 0.29) is 18.2 Å². The number of ether oxygens (including phenoxy) is 1. The monoisotopic (exact) mass is 476 g/mol. The van der Waals surface area contributed by atoms with Gasteiger partial charge in [0.2, 0.25) is 5.91 Å². The Hall–Kier alpha value is -3.40. The second-order valence-electron chi connectivity index (χ2n) is 8.05. The number of benzene rings is 2. The largest absolute Gasteiger partial charge is 0.496 e. The molecule has 0 radical (unpaired) electrons. The molecule has 0 saturated heterocycles. The number of aryl methyl sites for hydroxylation is 1. The molecule has 182 valence electrons. The van der Waals surface area contributed by atoms with Crippen LogP contribution in [-0.4, -0.2) is 30.1 Å². The quantitative estimate of drug-likeness (QED) is 0.429. The van der Waals surface area contributed by atoms with Gasteiger partial charge in [0.15, 0.2) is 0 Å². The molecule has 0 saturated carbocycles. The highest BCUT2D eigenvalue weighted by molar-refractivity contribution is 5.91. The molecule has 0 fully saturated rings. The number of halogens is 3. The van der Waals surface area contributed by atoms with Crippen molar-refractivity contribution < 1.29 is 27.5 Å². The maximum atomic E-state index is 13.2. The van der Waals surface area contributed by atoms with E-state index in [9.17, 15) is 18.0 Å². The normalized spacial score (nSPS) is 13.4. The van der Waals surface area contributed by atoms with Crippen LogP contribution in [0, 0.1) is 6.92 Å². The fourth-order valence-corrected chi connectivity index (χ4v) is 3.78. The summed E-state index contributed by atoms with van der Waals surface area (Å²) in [4.78, 5) is 25.7. The third-order valence-corrected chi connectivity index (χ3v) is 5.46. The molecule has 7 nitrogen and oxygen atoms in total. The van der Waals surface area contributed by atoms with Gasteiger partial charge in [-0.3, -0.25) is 9.63 Å². The number of fused-ring (bicyclic) bond motifs is 1. The molecule has 2 N–H and O–H groups in total. The van der Waals surface area contributed by atoms with Crippen LogP contribution in [0.1, 0.15) is 54.7 Å². The van der Waals surface area contributed by atoms with Crippen LogP contribution < -0.4 is 15.5 Å². The Balaban J connectivity index is 2.01. The third kappa shape index (κ3) is 5.74. The summed E-state index contributed by atoms with van der Waals surface area (Å²) in [7, 11) is 2.90. The van der Waals surface area contributed by atoms with Crippen molar-refractivity contribution in [3.05, 3.63) is 58.9 Å². The summed E-state index contributed by atoms with van der Waals surface area (Å²) in [6.45, 7) is 5.38. The Morgan fingerprint density at radius 3 is 2.50 bits per heavy atom. The average molecular weight is 476 g/mol. The number of hydroxylamine groups is 1. The second-order valence-corrected chi connectivity index (χ2v) is 8.05. The molecule has 2 aromatic carbocycles. The van der Waals surface area contributed by atoms with Gasteiger partial charge in [0.1, 0.15) is 17.4 Å². The molecule has 0 aliphatic carbocycles. The van der Waals surface area contributed by atoms with E-state index in [1.807, 2.05) is 13.0 Å². The Labute approximate surface area is 195 Å². The Morgan fingerprint density at radius 2 is 1.85 bits per heavy atom. The highest BCUT2D eigenvalue weighted by atomic mass is 19.4. The number of methoxy groups -OCH3 is 1. The Morgan fingerprint density at radius 1 is 1.12 bits per heavy atom. The van der Waals surface area contributed by atoms with Crippen LogP contribution in [-0.2, 0) is 15.8 Å². The number of carbonyl (C=O) groups excluding carboxylic acids is 1. The molecule has 3 rings (SSSR count). The van der Waals surface area contributed by atoms with Gasteiger partial charge in [-0.05, 0) is 49.1 Å². The van der Waals surface area contributed by atoms with Crippen molar-refractivity contribution in [2.75, 3.05) is 19.5 Å². The lowest BCUT2D eigenvalue weighted by Gasteiger charge is -2.20. The topological polar surface area (TPSA) is 85.4 Å². The Kier molecular flexibility index (Phi) is 7.61. The number of alkyl halides is 3. The molecule has 0 aliphatic heterocycles. The van der Waals surface area contributed by atoms with Gasteiger partial charge in [0.25, 0.3) is 0 Å². The number of aromatic nitrogens is 2. The zero-order chi connectivity index (χ0) is 25.0. The first-order valence-corrected chi connectivity index (χ1v) is 10.6. The van der Waals surface area contributed by atoms with Gasteiger partial charge in [0, 0.05) is 23.9 Å². The number of nitrogens with zero attached hydrogens (tertiary/aromatic N) is 2. The lowest BCUT2D eigenvalue weighted by Crippen LogP contribution is -2.23. The maximum Gasteiger partial charge on any atom is 0.416 e. The number of rotatable bonds is 8. The summed E-state index contributed by atoms with van der Waals surface area (Å²) >= 11 is 0. The van der Waals surface area contributed by atoms with E-state index in [2.05, 4.69) is 25.6 Å². The summed E-state index contributed by atoms with van der Waals surface area (Å²) in [5.74, 6) is 1.04. The molecular formula is C24H27F3N4O3. The van der Waals surface area contributed by atoms with E-state index in [1.165, 1.54) is 20.3 Å². The van der Waals surface area contributed by atoms with E-state index in [0.717, 1.165) is 17.7 Å². The standard InChI is InChI=1S/C24H27F3N4O3/c1-13(9-22(32)31-34-5)18-11-19-20(12-21(18)33-4)29-15(3)30-23(19)28-14(2)16-7-6-8-17(10-16)24(25,26)27/h6-8,10-14H,9H2,1-5H3,(H,31,32)(H,28,29,30)/t13?,14-/m0/s1. The molecule has 2 atom stereocenters. The number of amides is 1. The van der Waals surface area contributed by atoms with Crippen LogP contribution in [0.3, 0.4) is 0 Å². The van der Waals surface area contributed by atoms with E-state index in [4.69, 9.17) is 4.74 Å². The highest BCUT2D eigenvalue weighted by Crippen LogP contribution is 2.36. The first-order chi connectivity index (χ1) is 16.0. The lowest BCUT2D eigenvalue weighted by molar-refractivity contribution is -0.137. The summed E-state index contributed by atoms with van der Waals surface area (Å²) < 4.78 is 45.0. The lowest BCUT2D eigenvalue weighted by atomic mass is 9.94. The zero-order valence-electron chi connectivity index (χ0n) is 19.6. The van der Waals surface area contributed by atoms with Crippen molar-refractivity contribution in [2.45, 2.75) is 45.3 Å². The first-order valence-electron chi connectivity index (χ1n) is 10.6. The smallest absolute Gasteiger partial charge is 0.416 e. The summed E-state index contributed by atoms with van der Waals surface area (Å²) in [6.07, 6.45) is -4.27. The Bertz CT molecular complexity index is 1180. The molecule has 1 aromatic heterocycles. The predicted molar refractivity (Wildman–Crippen MR) is 122 cm³/mol. The van der Waals surface area contributed by atoms with Crippen molar-refractivity contribution in [3.63, 3.8) is 0 Å². The fraction of sp³-hybridized carbons (Fsp3) is 0.375. The molecule has 1 heterocycles. The van der Waals surface area contributed by atoms with Crippen molar-refractivity contribution >= 4 is 22.6 Å². The van der Waals surface area contributed by atoms with Crippen LogP contribution in [0.2, 0.25) is 0 Å². The zero-order valence-corrected chi connectivity index (χ0v) is 19.6. The molecule has 0 aliphatic rings. The van der Waals surface area contributed by atoms with Gasteiger partial charge in [-0.1, -0.05) is 19.1 Å². The molecule has 0 spiro atoms. The molecular weight excluding hydrogens is 449 g/mol. The fourth-order valence-electron chi connectivity index (χ4n) is 3.78. The number of hydrogen-bond donors (Lipinski definition) is 2. The van der Waals surface area contributed by atoms with Crippen LogP contribution >= 0.6 is 0 Å². The summed E-state index contributed by atoms with van der Waals surface area (Å²) in [6, 6.07) is 8.34. The van der Waals surface area contributed by atoms with Crippen LogP contribution in [0.4, 0.5) is 19.0 Å². The van der Waals surface area contributed by atoms with E-state index in [0.29, 0.717) is 33.9 Å².